The average Bonchev–Trinajstić information content (AvgIpc) is 2.85. The van der Waals surface area contributed by atoms with Gasteiger partial charge in [-0.3, -0.25) is 0 Å². The Hall–Kier alpha value is -3.86. The molecule has 4 rings (SSSR count). The van der Waals surface area contributed by atoms with Gasteiger partial charge in [0.2, 0.25) is 6.86 Å². The summed E-state index contributed by atoms with van der Waals surface area (Å²) in [5.74, 6) is -11.2. The first kappa shape index (κ1) is 30.1. The fourth-order valence-corrected chi connectivity index (χ4v) is 4.54. The van der Waals surface area contributed by atoms with Gasteiger partial charge >= 0.3 is 6.11 Å². The number of hydrogen-bond donors (Lipinski definition) is 0. The Bertz CT molecular complexity index is 1540. The SMILES string of the molecule is CCCc1ccc(-c2cc(F)c(-c3cc(F)c(C(F)(F)Oc4cc(F)c(OCF)c(F)c4)c(F)c3)c(Cl)c2)c(F)c1. The summed E-state index contributed by atoms with van der Waals surface area (Å²) >= 11 is 6.17. The molecule has 0 fully saturated rings. The first-order chi connectivity index (χ1) is 19.4. The molecule has 0 unspecified atom stereocenters. The van der Waals surface area contributed by atoms with Crippen molar-refractivity contribution in [1.82, 2.24) is 0 Å². The predicted octanol–water partition coefficient (Wildman–Crippen LogP) is 9.90. The molecule has 0 aliphatic heterocycles. The van der Waals surface area contributed by atoms with Gasteiger partial charge in [0.25, 0.3) is 0 Å². The van der Waals surface area contributed by atoms with Crippen LogP contribution in [0.5, 0.6) is 11.5 Å². The van der Waals surface area contributed by atoms with Crippen LogP contribution in [0.15, 0.2) is 54.6 Å². The Morgan fingerprint density at radius 2 is 1.34 bits per heavy atom. The van der Waals surface area contributed by atoms with E-state index in [9.17, 15) is 35.1 Å². The van der Waals surface area contributed by atoms with E-state index < -0.39 is 81.1 Å². The van der Waals surface area contributed by atoms with Gasteiger partial charge in [-0.25, -0.2) is 30.7 Å². The molecule has 0 aliphatic rings. The molecule has 0 radical (unpaired) electrons. The molecular weight excluding hydrogens is 587 g/mol. The summed E-state index contributed by atoms with van der Waals surface area (Å²) < 4.78 is 137. The van der Waals surface area contributed by atoms with E-state index in [1.807, 2.05) is 6.92 Å². The van der Waals surface area contributed by atoms with Gasteiger partial charge in [0.15, 0.2) is 17.4 Å². The first-order valence-corrected chi connectivity index (χ1v) is 12.3. The van der Waals surface area contributed by atoms with E-state index in [0.29, 0.717) is 18.6 Å². The largest absolute Gasteiger partial charge is 0.457 e. The smallest absolute Gasteiger partial charge is 0.432 e. The van der Waals surface area contributed by atoms with Crippen molar-refractivity contribution in [3.05, 3.63) is 106 Å². The van der Waals surface area contributed by atoms with Gasteiger partial charge in [0.1, 0.15) is 34.6 Å². The highest BCUT2D eigenvalue weighted by molar-refractivity contribution is 6.33. The number of hydrogen-bond acceptors (Lipinski definition) is 2. The van der Waals surface area contributed by atoms with Gasteiger partial charge in [0.05, 0.1) is 5.02 Å². The zero-order valence-corrected chi connectivity index (χ0v) is 21.7. The van der Waals surface area contributed by atoms with Gasteiger partial charge in [-0.2, -0.15) is 8.78 Å². The number of rotatable bonds is 9. The van der Waals surface area contributed by atoms with Crippen LogP contribution in [0.25, 0.3) is 22.3 Å². The average molecular weight is 605 g/mol. The van der Waals surface area contributed by atoms with E-state index in [4.69, 9.17) is 11.6 Å². The molecule has 216 valence electrons. The summed E-state index contributed by atoms with van der Waals surface area (Å²) in [6.45, 7) is 0.295. The highest BCUT2D eigenvalue weighted by Gasteiger charge is 2.42. The van der Waals surface area contributed by atoms with Crippen LogP contribution in [-0.4, -0.2) is 6.86 Å². The molecule has 0 atom stereocenters. The molecule has 0 bridgehead atoms. The molecule has 0 amide bonds. The van der Waals surface area contributed by atoms with Gasteiger partial charge in [-0.15, -0.1) is 0 Å². The minimum absolute atomic E-state index is 0.0128. The topological polar surface area (TPSA) is 18.5 Å². The van der Waals surface area contributed by atoms with Gasteiger partial charge < -0.3 is 9.47 Å². The van der Waals surface area contributed by atoms with Crippen molar-refractivity contribution in [2.45, 2.75) is 25.9 Å². The molecule has 2 nitrogen and oxygen atoms in total. The zero-order valence-electron chi connectivity index (χ0n) is 20.9. The maximum absolute atomic E-state index is 15.1. The quantitative estimate of drug-likeness (QED) is 0.177. The standard InChI is InChI=1S/C29H18ClF9O2/c1-2-3-14-4-5-18(20(32)6-14)15-7-19(30)26(21(33)8-15)16-9-22(34)27(23(35)10-16)29(38,39)41-17-11-24(36)28(40-13-31)25(37)12-17/h4-12H,2-3,13H2,1H3. The molecule has 0 saturated heterocycles. The van der Waals surface area contributed by atoms with Crippen molar-refractivity contribution in [3.63, 3.8) is 0 Å². The summed E-state index contributed by atoms with van der Waals surface area (Å²) in [4.78, 5) is 0. The van der Waals surface area contributed by atoms with Crippen LogP contribution in [-0.2, 0) is 12.5 Å². The summed E-state index contributed by atoms with van der Waals surface area (Å²) in [6.07, 6.45) is -3.42. The third-order valence-corrected chi connectivity index (χ3v) is 6.26. The van der Waals surface area contributed by atoms with Crippen molar-refractivity contribution in [3.8, 4) is 33.8 Å². The van der Waals surface area contributed by atoms with Crippen LogP contribution < -0.4 is 9.47 Å². The van der Waals surface area contributed by atoms with Crippen molar-refractivity contribution in [1.29, 1.82) is 0 Å². The minimum Gasteiger partial charge on any atom is -0.457 e. The van der Waals surface area contributed by atoms with Gasteiger partial charge in [-0.1, -0.05) is 37.1 Å². The number of halogens is 10. The summed E-state index contributed by atoms with van der Waals surface area (Å²) in [5, 5.41) is -0.395. The second-order valence-corrected chi connectivity index (χ2v) is 9.19. The van der Waals surface area contributed by atoms with Crippen molar-refractivity contribution in [2.24, 2.45) is 0 Å². The molecule has 0 aromatic heterocycles. The van der Waals surface area contributed by atoms with Crippen LogP contribution in [0.1, 0.15) is 24.5 Å². The molecule has 0 spiro atoms. The molecule has 0 N–H and O–H groups in total. The summed E-state index contributed by atoms with van der Waals surface area (Å²) in [5.41, 5.74) is -2.32. The highest BCUT2D eigenvalue weighted by Crippen LogP contribution is 2.41. The lowest BCUT2D eigenvalue weighted by atomic mass is 9.96. The maximum atomic E-state index is 15.1. The molecule has 0 heterocycles. The van der Waals surface area contributed by atoms with E-state index in [1.165, 1.54) is 12.1 Å². The number of alkyl halides is 3. The van der Waals surface area contributed by atoms with Crippen LogP contribution in [0.3, 0.4) is 0 Å². The minimum atomic E-state index is -4.82. The maximum Gasteiger partial charge on any atom is 0.432 e. The Morgan fingerprint density at radius 1 is 0.732 bits per heavy atom. The number of benzene rings is 4. The van der Waals surface area contributed by atoms with E-state index >= 15 is 4.39 Å². The van der Waals surface area contributed by atoms with Crippen molar-refractivity contribution in [2.75, 3.05) is 6.86 Å². The second-order valence-electron chi connectivity index (χ2n) is 8.78. The van der Waals surface area contributed by atoms with E-state index in [0.717, 1.165) is 24.1 Å². The molecule has 4 aromatic carbocycles. The predicted molar refractivity (Wildman–Crippen MR) is 134 cm³/mol. The van der Waals surface area contributed by atoms with Crippen LogP contribution in [0.2, 0.25) is 5.02 Å². The highest BCUT2D eigenvalue weighted by atomic mass is 35.5. The monoisotopic (exact) mass is 604 g/mol. The van der Waals surface area contributed by atoms with Crippen molar-refractivity contribution < 1.29 is 49.0 Å². The molecule has 0 aliphatic carbocycles. The Kier molecular flexibility index (Phi) is 8.77. The molecule has 0 saturated carbocycles. The van der Waals surface area contributed by atoms with Gasteiger partial charge in [-0.05, 0) is 53.4 Å². The van der Waals surface area contributed by atoms with Crippen LogP contribution >= 0.6 is 11.6 Å². The molecule has 41 heavy (non-hydrogen) atoms. The van der Waals surface area contributed by atoms with E-state index in [-0.39, 0.29) is 23.3 Å². The zero-order chi connectivity index (χ0) is 30.1. The van der Waals surface area contributed by atoms with Crippen LogP contribution in [0, 0.1) is 34.9 Å². The third kappa shape index (κ3) is 6.24. The Morgan fingerprint density at radius 3 is 1.88 bits per heavy atom. The Labute approximate surface area is 232 Å². The third-order valence-electron chi connectivity index (χ3n) is 5.96. The number of ether oxygens (including phenoxy) is 2. The Balaban J connectivity index is 1.68. The molecular formula is C29H18ClF9O2. The number of aryl methyl sites for hydroxylation is 1. The van der Waals surface area contributed by atoms with E-state index in [2.05, 4.69) is 9.47 Å². The normalized spacial score (nSPS) is 11.6. The lowest BCUT2D eigenvalue weighted by molar-refractivity contribution is -0.189. The lowest BCUT2D eigenvalue weighted by Crippen LogP contribution is -2.25. The van der Waals surface area contributed by atoms with Crippen LogP contribution in [0.4, 0.5) is 39.5 Å². The van der Waals surface area contributed by atoms with Gasteiger partial charge in [0, 0.05) is 23.3 Å². The fourth-order valence-electron chi connectivity index (χ4n) is 4.22. The molecule has 4 aromatic rings. The summed E-state index contributed by atoms with van der Waals surface area (Å²) in [6, 6.07) is 7.52. The van der Waals surface area contributed by atoms with Crippen molar-refractivity contribution >= 4 is 11.6 Å². The summed E-state index contributed by atoms with van der Waals surface area (Å²) in [7, 11) is 0. The lowest BCUT2D eigenvalue weighted by Gasteiger charge is -2.20. The fraction of sp³-hybridized carbons (Fsp3) is 0.172. The first-order valence-electron chi connectivity index (χ1n) is 11.9. The second kappa shape index (κ2) is 11.9. The molecule has 12 heteroatoms. The van der Waals surface area contributed by atoms with E-state index in [1.54, 1.807) is 6.07 Å².